The van der Waals surface area contributed by atoms with Gasteiger partial charge in [0.25, 0.3) is 18.8 Å². The van der Waals surface area contributed by atoms with Crippen LogP contribution in [0.1, 0.15) is 51.9 Å². The quantitative estimate of drug-likeness (QED) is 0.231. The maximum absolute atomic E-state index is 14.4. The Hall–Kier alpha value is -4.75. The molecule has 1 atom stereocenters. The van der Waals surface area contributed by atoms with Crippen LogP contribution >= 0.6 is 0 Å². The second-order valence-electron chi connectivity index (χ2n) is 9.06. The van der Waals surface area contributed by atoms with Crippen molar-refractivity contribution < 1.29 is 40.3 Å². The third-order valence-corrected chi connectivity index (χ3v) is 6.19. The second-order valence-corrected chi connectivity index (χ2v) is 9.06. The molecule has 4 aromatic rings. The molecule has 14 heteroatoms. The van der Waals surface area contributed by atoms with Gasteiger partial charge in [0.2, 0.25) is 5.91 Å². The number of rotatable bonds is 10. The van der Waals surface area contributed by atoms with Crippen molar-refractivity contribution in [1.82, 2.24) is 25.4 Å². The highest BCUT2D eigenvalue weighted by atomic mass is 19.3. The van der Waals surface area contributed by atoms with Crippen LogP contribution in [0.2, 0.25) is 0 Å². The van der Waals surface area contributed by atoms with Gasteiger partial charge in [-0.3, -0.25) is 19.3 Å². The van der Waals surface area contributed by atoms with Gasteiger partial charge in [-0.1, -0.05) is 12.1 Å². The first-order chi connectivity index (χ1) is 20.0. The van der Waals surface area contributed by atoms with Crippen molar-refractivity contribution in [2.24, 2.45) is 0 Å². The molecule has 0 aliphatic rings. The molecular weight excluding hydrogens is 571 g/mol. The summed E-state index contributed by atoms with van der Waals surface area (Å²) in [6.07, 6.45) is -5.27. The van der Waals surface area contributed by atoms with Crippen molar-refractivity contribution in [3.05, 3.63) is 106 Å². The first kappa shape index (κ1) is 30.2. The molecule has 0 fully saturated rings. The van der Waals surface area contributed by atoms with Gasteiger partial charge in [-0.15, -0.1) is 0 Å². The van der Waals surface area contributed by atoms with Crippen LogP contribution in [0.5, 0.6) is 0 Å². The molecule has 2 aromatic carbocycles. The smallest absolute Gasteiger partial charge is 0.282 e. The number of benzene rings is 2. The van der Waals surface area contributed by atoms with Crippen molar-refractivity contribution in [3.63, 3.8) is 0 Å². The van der Waals surface area contributed by atoms with Crippen molar-refractivity contribution in [3.8, 4) is 11.1 Å². The molecule has 0 aliphatic heterocycles. The summed E-state index contributed by atoms with van der Waals surface area (Å²) < 4.78 is 95.9. The van der Waals surface area contributed by atoms with E-state index in [1.807, 2.05) is 0 Å². The Morgan fingerprint density at radius 2 is 1.64 bits per heavy atom. The number of aromatic nitrogens is 3. The molecule has 2 N–H and O–H groups in total. The van der Waals surface area contributed by atoms with Crippen LogP contribution in [-0.2, 0) is 17.8 Å². The zero-order chi connectivity index (χ0) is 30.6. The molecule has 220 valence electrons. The van der Waals surface area contributed by atoms with E-state index in [0.717, 1.165) is 18.2 Å². The van der Waals surface area contributed by atoms with E-state index in [0.29, 0.717) is 27.9 Å². The zero-order valence-electron chi connectivity index (χ0n) is 21.7. The molecule has 0 radical (unpaired) electrons. The lowest BCUT2D eigenvalue weighted by atomic mass is 9.94. The number of pyridine rings is 1. The number of carbonyl (C=O) groups is 2. The fourth-order valence-electron chi connectivity index (χ4n) is 4.36. The zero-order valence-corrected chi connectivity index (χ0v) is 21.7. The van der Waals surface area contributed by atoms with Crippen LogP contribution in [0.3, 0.4) is 0 Å². The van der Waals surface area contributed by atoms with Crippen LogP contribution in [0.4, 0.5) is 30.7 Å². The molecule has 0 saturated carbocycles. The van der Waals surface area contributed by atoms with E-state index < -0.39 is 66.1 Å². The van der Waals surface area contributed by atoms with Gasteiger partial charge in [-0.05, 0) is 53.9 Å². The highest BCUT2D eigenvalue weighted by Gasteiger charge is 2.26. The predicted octanol–water partition coefficient (Wildman–Crippen LogP) is 5.70. The summed E-state index contributed by atoms with van der Waals surface area (Å²) in [5.41, 5.74) is -1.32. The van der Waals surface area contributed by atoms with E-state index >= 15 is 0 Å². The number of hydrogen-bond donors (Lipinski definition) is 2. The Morgan fingerprint density at radius 1 is 0.929 bits per heavy atom. The number of nitrogens with one attached hydrogen (secondary N) is 2. The topological polar surface area (TPSA) is 88.9 Å². The van der Waals surface area contributed by atoms with Gasteiger partial charge < -0.3 is 10.6 Å². The summed E-state index contributed by atoms with van der Waals surface area (Å²) in [5, 5.41) is 8.28. The minimum absolute atomic E-state index is 0.0897. The van der Waals surface area contributed by atoms with Gasteiger partial charge in [0.15, 0.2) is 0 Å². The molecule has 2 heterocycles. The summed E-state index contributed by atoms with van der Waals surface area (Å²) in [6.45, 7) is -0.889. The van der Waals surface area contributed by atoms with Gasteiger partial charge in [0.1, 0.15) is 35.4 Å². The fourth-order valence-corrected chi connectivity index (χ4v) is 4.36. The van der Waals surface area contributed by atoms with Crippen LogP contribution in [-0.4, -0.2) is 33.6 Å². The van der Waals surface area contributed by atoms with E-state index in [2.05, 4.69) is 20.7 Å². The second kappa shape index (κ2) is 12.8. The fraction of sp³-hybridized carbons (Fsp3) is 0.214. The molecule has 0 aliphatic carbocycles. The van der Waals surface area contributed by atoms with Crippen molar-refractivity contribution >= 4 is 11.8 Å². The third kappa shape index (κ3) is 6.93. The number of nitrogens with zero attached hydrogens (tertiary/aromatic N) is 3. The standard InChI is InChI=1S/C28H22F7N5O2/c1-36-28(42)19-10-15(4-5-20(19)31)18-3-2-6-37-25(18)21(9-14-7-16(29)11-17(30)8-14)38-24(41)13-40-23(27(34)35)12-22(39-40)26(32)33/h2-8,10-12,21,26-27H,9,13H2,1H3,(H,36,42)(H,38,41)/t21-/m0/s1. The lowest BCUT2D eigenvalue weighted by Gasteiger charge is -2.22. The molecule has 0 spiro atoms. The highest BCUT2D eigenvalue weighted by Crippen LogP contribution is 2.31. The molecule has 4 rings (SSSR count). The minimum atomic E-state index is -3.21. The SMILES string of the molecule is CNC(=O)c1cc(-c2cccnc2[C@H](Cc2cc(F)cc(F)c2)NC(=O)Cn2nc(C(F)F)cc2C(F)F)ccc1F. The summed E-state index contributed by atoms with van der Waals surface area (Å²) in [7, 11) is 1.32. The highest BCUT2D eigenvalue weighted by molar-refractivity contribution is 5.95. The summed E-state index contributed by atoms with van der Waals surface area (Å²) in [6, 6.07) is 8.73. The Morgan fingerprint density at radius 3 is 2.29 bits per heavy atom. The average molecular weight is 594 g/mol. The largest absolute Gasteiger partial charge is 0.355 e. The molecule has 0 bridgehead atoms. The molecular formula is C28H22F7N5O2. The first-order valence-electron chi connectivity index (χ1n) is 12.3. The molecule has 0 unspecified atom stereocenters. The molecule has 2 aromatic heterocycles. The average Bonchev–Trinajstić information content (AvgIpc) is 3.36. The lowest BCUT2D eigenvalue weighted by Crippen LogP contribution is -2.34. The van der Waals surface area contributed by atoms with E-state index in [9.17, 15) is 40.3 Å². The van der Waals surface area contributed by atoms with E-state index in [-0.39, 0.29) is 23.2 Å². The Kier molecular flexibility index (Phi) is 9.23. The van der Waals surface area contributed by atoms with E-state index in [1.54, 1.807) is 6.07 Å². The van der Waals surface area contributed by atoms with Gasteiger partial charge in [-0.2, -0.15) is 5.10 Å². The monoisotopic (exact) mass is 593 g/mol. The van der Waals surface area contributed by atoms with E-state index in [1.165, 1.54) is 31.4 Å². The van der Waals surface area contributed by atoms with Gasteiger partial charge in [-0.25, -0.2) is 30.7 Å². The molecule has 2 amide bonds. The number of hydrogen-bond acceptors (Lipinski definition) is 4. The van der Waals surface area contributed by atoms with Gasteiger partial charge >= 0.3 is 0 Å². The lowest BCUT2D eigenvalue weighted by molar-refractivity contribution is -0.122. The maximum Gasteiger partial charge on any atom is 0.282 e. The Balaban J connectivity index is 1.75. The number of amides is 2. The molecule has 7 nitrogen and oxygen atoms in total. The van der Waals surface area contributed by atoms with Crippen LogP contribution in [0.25, 0.3) is 11.1 Å². The summed E-state index contributed by atoms with van der Waals surface area (Å²) >= 11 is 0. The van der Waals surface area contributed by atoms with Crippen LogP contribution in [0, 0.1) is 17.5 Å². The summed E-state index contributed by atoms with van der Waals surface area (Å²) in [4.78, 5) is 29.6. The van der Waals surface area contributed by atoms with Crippen LogP contribution in [0.15, 0.2) is 60.8 Å². The normalized spacial score (nSPS) is 12.0. The molecule has 42 heavy (non-hydrogen) atoms. The van der Waals surface area contributed by atoms with Crippen molar-refractivity contribution in [2.45, 2.75) is 31.9 Å². The minimum Gasteiger partial charge on any atom is -0.355 e. The number of alkyl halides is 4. The number of halogens is 7. The van der Waals surface area contributed by atoms with Crippen molar-refractivity contribution in [2.75, 3.05) is 7.05 Å². The third-order valence-electron chi connectivity index (χ3n) is 6.19. The molecule has 0 saturated heterocycles. The first-order valence-corrected chi connectivity index (χ1v) is 12.3. The maximum atomic E-state index is 14.4. The Bertz CT molecular complexity index is 1590. The van der Waals surface area contributed by atoms with Gasteiger partial charge in [0.05, 0.1) is 17.3 Å². The number of carbonyl (C=O) groups excluding carboxylic acids is 2. The predicted molar refractivity (Wildman–Crippen MR) is 136 cm³/mol. The van der Waals surface area contributed by atoms with Gasteiger partial charge in [0, 0.05) is 24.9 Å². The van der Waals surface area contributed by atoms with Crippen LogP contribution < -0.4 is 10.6 Å². The Labute approximate surface area is 234 Å². The van der Waals surface area contributed by atoms with Crippen molar-refractivity contribution in [1.29, 1.82) is 0 Å². The van der Waals surface area contributed by atoms with E-state index in [4.69, 9.17) is 0 Å². The summed E-state index contributed by atoms with van der Waals surface area (Å²) in [5.74, 6) is -4.27.